The largest absolute Gasteiger partial charge is 0.397 e. The van der Waals surface area contributed by atoms with E-state index < -0.39 is 0 Å². The third-order valence-corrected chi connectivity index (χ3v) is 3.62. The number of hydrogen-bond acceptors (Lipinski definition) is 3. The van der Waals surface area contributed by atoms with Gasteiger partial charge in [-0.3, -0.25) is 4.79 Å². The number of anilines is 2. The molecule has 0 aromatic heterocycles. The Morgan fingerprint density at radius 2 is 2.11 bits per heavy atom. The van der Waals surface area contributed by atoms with Gasteiger partial charge >= 0.3 is 0 Å². The maximum Gasteiger partial charge on any atom is 0.224 e. The van der Waals surface area contributed by atoms with Crippen molar-refractivity contribution in [3.05, 3.63) is 22.8 Å². The minimum absolute atomic E-state index is 0. The first-order chi connectivity index (χ1) is 8.47. The van der Waals surface area contributed by atoms with E-state index in [1.807, 2.05) is 6.92 Å². The molecule has 0 bridgehead atoms. The predicted molar refractivity (Wildman–Crippen MR) is 83.2 cm³/mol. The molecule has 0 fully saturated rings. The molecule has 1 aromatic carbocycles. The molecule has 2 N–H and O–H groups in total. The van der Waals surface area contributed by atoms with E-state index in [1.165, 1.54) is 11.1 Å². The van der Waals surface area contributed by atoms with Crippen molar-refractivity contribution >= 4 is 34.3 Å². The number of hydrogen-bond donors (Lipinski definition) is 1. The molecule has 0 radical (unpaired) electrons. The fraction of sp³-hybridized carbons (Fsp3) is 0.500. The van der Waals surface area contributed by atoms with E-state index in [0.717, 1.165) is 17.7 Å². The van der Waals surface area contributed by atoms with Crippen molar-refractivity contribution in [1.29, 1.82) is 0 Å². The Labute approximate surface area is 124 Å². The molecule has 0 aliphatic carbocycles. The number of nitrogens with two attached hydrogens (primary N) is 1. The highest BCUT2D eigenvalue weighted by atomic mass is 79.9. The number of ether oxygens (including phenoxy) is 1. The number of methoxy groups -OCH3 is 1. The zero-order valence-electron chi connectivity index (χ0n) is 11.8. The van der Waals surface area contributed by atoms with Crippen LogP contribution in [0.3, 0.4) is 0 Å². The van der Waals surface area contributed by atoms with Crippen LogP contribution >= 0.6 is 17.0 Å². The van der Waals surface area contributed by atoms with Gasteiger partial charge in [-0.2, -0.15) is 0 Å². The molecule has 1 aliphatic rings. The lowest BCUT2D eigenvalue weighted by Gasteiger charge is -2.25. The van der Waals surface area contributed by atoms with Crippen molar-refractivity contribution < 1.29 is 9.53 Å². The lowest BCUT2D eigenvalue weighted by Crippen LogP contribution is -2.39. The van der Waals surface area contributed by atoms with E-state index in [2.05, 4.69) is 13.0 Å². The van der Waals surface area contributed by atoms with Crippen LogP contribution in [0.4, 0.5) is 11.4 Å². The summed E-state index contributed by atoms with van der Waals surface area (Å²) in [5.41, 5.74) is 11.2. The van der Waals surface area contributed by atoms with E-state index >= 15 is 0 Å². The number of fused-ring (bicyclic) bond motifs is 1. The van der Waals surface area contributed by atoms with Crippen LogP contribution < -0.4 is 10.6 Å². The number of carbonyl (C=O) groups excluding carboxylic acids is 1. The SMILES string of the molecule is Br.COCC1Cc2c(C)cc(C)c(N)c2N1C(C)=O. The second kappa shape index (κ2) is 5.92. The molecular formula is C14H21BrN2O2. The highest BCUT2D eigenvalue weighted by Gasteiger charge is 2.35. The number of carbonyl (C=O) groups is 1. The molecule has 106 valence electrons. The third-order valence-electron chi connectivity index (χ3n) is 3.62. The van der Waals surface area contributed by atoms with Crippen molar-refractivity contribution in [2.45, 2.75) is 33.2 Å². The Balaban J connectivity index is 0.00000180. The van der Waals surface area contributed by atoms with Crippen LogP contribution in [-0.2, 0) is 16.0 Å². The molecule has 1 amide bonds. The Morgan fingerprint density at radius 3 is 2.63 bits per heavy atom. The molecule has 19 heavy (non-hydrogen) atoms. The van der Waals surface area contributed by atoms with Crippen molar-refractivity contribution in [3.63, 3.8) is 0 Å². The lowest BCUT2D eigenvalue weighted by atomic mass is 10.00. The minimum atomic E-state index is 0. The summed E-state index contributed by atoms with van der Waals surface area (Å²) in [6.07, 6.45) is 0.819. The molecule has 0 saturated heterocycles. The molecule has 1 heterocycles. The van der Waals surface area contributed by atoms with E-state index in [0.29, 0.717) is 12.3 Å². The van der Waals surface area contributed by atoms with Gasteiger partial charge in [-0.15, -0.1) is 17.0 Å². The summed E-state index contributed by atoms with van der Waals surface area (Å²) in [4.78, 5) is 13.7. The number of aryl methyl sites for hydroxylation is 2. The molecule has 4 nitrogen and oxygen atoms in total. The summed E-state index contributed by atoms with van der Waals surface area (Å²) in [6.45, 7) is 6.16. The van der Waals surface area contributed by atoms with E-state index in [-0.39, 0.29) is 28.9 Å². The molecule has 1 unspecified atom stereocenters. The van der Waals surface area contributed by atoms with Crippen molar-refractivity contribution in [1.82, 2.24) is 0 Å². The highest BCUT2D eigenvalue weighted by Crippen LogP contribution is 2.41. The van der Waals surface area contributed by atoms with Gasteiger partial charge in [0.2, 0.25) is 5.91 Å². The number of benzene rings is 1. The second-order valence-electron chi connectivity index (χ2n) is 4.95. The van der Waals surface area contributed by atoms with Gasteiger partial charge in [0, 0.05) is 14.0 Å². The fourth-order valence-electron chi connectivity index (χ4n) is 2.81. The first-order valence-electron chi connectivity index (χ1n) is 6.14. The number of halogens is 1. The van der Waals surface area contributed by atoms with E-state index in [4.69, 9.17) is 10.5 Å². The quantitative estimate of drug-likeness (QED) is 0.848. The molecule has 2 rings (SSSR count). The average Bonchev–Trinajstić information content (AvgIpc) is 2.66. The van der Waals surface area contributed by atoms with Gasteiger partial charge in [-0.25, -0.2) is 0 Å². The Morgan fingerprint density at radius 1 is 1.47 bits per heavy atom. The van der Waals surface area contributed by atoms with Crippen LogP contribution in [0.25, 0.3) is 0 Å². The Bertz CT molecular complexity index is 503. The van der Waals surface area contributed by atoms with Gasteiger partial charge in [-0.05, 0) is 37.0 Å². The van der Waals surface area contributed by atoms with Gasteiger partial charge in [0.25, 0.3) is 0 Å². The van der Waals surface area contributed by atoms with Crippen LogP contribution in [0.2, 0.25) is 0 Å². The Hall–Kier alpha value is -1.07. The number of amides is 1. The van der Waals surface area contributed by atoms with Gasteiger partial charge < -0.3 is 15.4 Å². The topological polar surface area (TPSA) is 55.6 Å². The third kappa shape index (κ3) is 2.62. The second-order valence-corrected chi connectivity index (χ2v) is 4.95. The zero-order valence-corrected chi connectivity index (χ0v) is 13.5. The van der Waals surface area contributed by atoms with E-state index in [9.17, 15) is 4.79 Å². The lowest BCUT2D eigenvalue weighted by molar-refractivity contribution is -0.117. The van der Waals surface area contributed by atoms with Crippen molar-refractivity contribution in [2.75, 3.05) is 24.4 Å². The molecule has 5 heteroatoms. The van der Waals surface area contributed by atoms with Crippen molar-refractivity contribution in [3.8, 4) is 0 Å². The summed E-state index contributed by atoms with van der Waals surface area (Å²) in [5.74, 6) is 0.0208. The maximum atomic E-state index is 11.9. The minimum Gasteiger partial charge on any atom is -0.397 e. The summed E-state index contributed by atoms with van der Waals surface area (Å²) < 4.78 is 5.21. The first-order valence-corrected chi connectivity index (χ1v) is 6.14. The van der Waals surface area contributed by atoms with E-state index in [1.54, 1.807) is 18.9 Å². The summed E-state index contributed by atoms with van der Waals surface area (Å²) >= 11 is 0. The van der Waals surface area contributed by atoms with Crippen LogP contribution in [0.5, 0.6) is 0 Å². The summed E-state index contributed by atoms with van der Waals surface area (Å²) in [7, 11) is 1.66. The smallest absolute Gasteiger partial charge is 0.224 e. The summed E-state index contributed by atoms with van der Waals surface area (Å²) in [5, 5.41) is 0. The maximum absolute atomic E-state index is 11.9. The van der Waals surface area contributed by atoms with Gasteiger partial charge in [0.1, 0.15) is 0 Å². The number of nitrogens with zero attached hydrogens (tertiary/aromatic N) is 1. The first kappa shape index (κ1) is 16.0. The van der Waals surface area contributed by atoms with Crippen molar-refractivity contribution in [2.24, 2.45) is 0 Å². The van der Waals surface area contributed by atoms with Crippen LogP contribution in [0.15, 0.2) is 6.07 Å². The molecule has 0 saturated carbocycles. The standard InChI is InChI=1S/C14H20N2O2.BrH/c1-8-5-9(2)13(15)14-12(8)6-11(7-18-4)16(14)10(3)17;/h5,11H,6-7,15H2,1-4H3;1H. The van der Waals surface area contributed by atoms with Gasteiger partial charge in [-0.1, -0.05) is 6.07 Å². The van der Waals surface area contributed by atoms with Crippen LogP contribution in [0, 0.1) is 13.8 Å². The monoisotopic (exact) mass is 328 g/mol. The van der Waals surface area contributed by atoms with Gasteiger partial charge in [0.05, 0.1) is 24.0 Å². The summed E-state index contributed by atoms with van der Waals surface area (Å²) in [6, 6.07) is 2.15. The van der Waals surface area contributed by atoms with Crippen LogP contribution in [-0.4, -0.2) is 25.7 Å². The fourth-order valence-corrected chi connectivity index (χ4v) is 2.81. The highest BCUT2D eigenvalue weighted by molar-refractivity contribution is 8.93. The molecule has 1 aliphatic heterocycles. The predicted octanol–water partition coefficient (Wildman–Crippen LogP) is 2.39. The van der Waals surface area contributed by atoms with Gasteiger partial charge in [0.15, 0.2) is 0 Å². The van der Waals surface area contributed by atoms with Crippen LogP contribution in [0.1, 0.15) is 23.6 Å². The number of nitrogen functional groups attached to an aromatic ring is 1. The normalized spacial score (nSPS) is 17.1. The Kier molecular flexibility index (Phi) is 4.98. The molecule has 1 atom stereocenters. The zero-order chi connectivity index (χ0) is 13.4. The molecule has 0 spiro atoms. The molecular weight excluding hydrogens is 308 g/mol. The molecule has 1 aromatic rings. The number of rotatable bonds is 2. The average molecular weight is 329 g/mol.